The molecule has 0 heterocycles. The summed E-state index contributed by atoms with van der Waals surface area (Å²) in [6.45, 7) is 3.66. The van der Waals surface area contributed by atoms with E-state index < -0.39 is 15.3 Å². The van der Waals surface area contributed by atoms with Crippen molar-refractivity contribution in [3.8, 4) is 0 Å². The van der Waals surface area contributed by atoms with Gasteiger partial charge < -0.3 is 5.32 Å². The lowest BCUT2D eigenvalue weighted by Crippen LogP contribution is -2.37. The zero-order chi connectivity index (χ0) is 13.6. The summed E-state index contributed by atoms with van der Waals surface area (Å²) < 4.78 is 25.3. The van der Waals surface area contributed by atoms with Crippen LogP contribution < -0.4 is 10.0 Å². The first-order valence-electron chi connectivity index (χ1n) is 5.75. The number of sulfonamides is 1. The van der Waals surface area contributed by atoms with Gasteiger partial charge in [0.1, 0.15) is 0 Å². The summed E-state index contributed by atoms with van der Waals surface area (Å²) in [5, 5.41) is 2.17. The summed E-state index contributed by atoms with van der Waals surface area (Å²) >= 11 is 0. The van der Waals surface area contributed by atoms with Crippen molar-refractivity contribution in [3.05, 3.63) is 35.9 Å². The van der Waals surface area contributed by atoms with Crippen LogP contribution in [-0.4, -0.2) is 32.7 Å². The van der Waals surface area contributed by atoms with Gasteiger partial charge in [-0.15, -0.1) is 0 Å². The van der Waals surface area contributed by atoms with Crippen LogP contribution in [0.25, 0.3) is 0 Å². The third kappa shape index (κ3) is 4.46. The van der Waals surface area contributed by atoms with Gasteiger partial charge in [-0.05, 0) is 26.0 Å². The lowest BCUT2D eigenvalue weighted by atomic mass is 10.2. The van der Waals surface area contributed by atoms with Crippen molar-refractivity contribution in [1.82, 2.24) is 10.0 Å². The minimum absolute atomic E-state index is 0.194. The fraction of sp³-hybridized carbons (Fsp3) is 0.417. The van der Waals surface area contributed by atoms with E-state index in [4.69, 9.17) is 0 Å². The Labute approximate surface area is 108 Å². The Morgan fingerprint density at radius 2 is 1.78 bits per heavy atom. The first-order chi connectivity index (χ1) is 8.43. The smallest absolute Gasteiger partial charge is 0.251 e. The highest BCUT2D eigenvalue weighted by atomic mass is 32.2. The highest BCUT2D eigenvalue weighted by molar-refractivity contribution is 7.90. The molecule has 1 aromatic carbocycles. The largest absolute Gasteiger partial charge is 0.351 e. The van der Waals surface area contributed by atoms with Crippen molar-refractivity contribution in [2.75, 3.05) is 13.1 Å². The molecule has 0 aromatic heterocycles. The van der Waals surface area contributed by atoms with E-state index >= 15 is 0 Å². The van der Waals surface area contributed by atoms with Crippen LogP contribution in [0.15, 0.2) is 30.3 Å². The average Bonchev–Trinajstić information content (AvgIpc) is 2.35. The lowest BCUT2D eigenvalue weighted by Gasteiger charge is -2.10. The number of amides is 1. The molecular formula is C12H18N2O3S. The summed E-state index contributed by atoms with van der Waals surface area (Å²) in [5.74, 6) is -0.209. The van der Waals surface area contributed by atoms with Gasteiger partial charge in [0, 0.05) is 18.7 Å². The van der Waals surface area contributed by atoms with Gasteiger partial charge in [0.25, 0.3) is 5.91 Å². The van der Waals surface area contributed by atoms with Crippen molar-refractivity contribution in [2.24, 2.45) is 0 Å². The molecule has 2 N–H and O–H groups in total. The number of carbonyl (C=O) groups excluding carboxylic acids is 1. The number of nitrogens with one attached hydrogen (secondary N) is 2. The predicted molar refractivity (Wildman–Crippen MR) is 70.8 cm³/mol. The maximum Gasteiger partial charge on any atom is 0.251 e. The van der Waals surface area contributed by atoms with Crippen LogP contribution in [0, 0.1) is 0 Å². The third-order valence-corrected chi connectivity index (χ3v) is 4.22. The molecule has 0 bridgehead atoms. The van der Waals surface area contributed by atoms with E-state index in [0.717, 1.165) is 0 Å². The van der Waals surface area contributed by atoms with Gasteiger partial charge in [-0.25, -0.2) is 13.1 Å². The van der Waals surface area contributed by atoms with Crippen LogP contribution in [0.5, 0.6) is 0 Å². The zero-order valence-electron chi connectivity index (χ0n) is 10.5. The Morgan fingerprint density at radius 3 is 2.33 bits per heavy atom. The van der Waals surface area contributed by atoms with Crippen LogP contribution in [0.2, 0.25) is 0 Å². The summed E-state index contributed by atoms with van der Waals surface area (Å²) in [4.78, 5) is 11.6. The van der Waals surface area contributed by atoms with Gasteiger partial charge in [-0.3, -0.25) is 4.79 Å². The van der Waals surface area contributed by atoms with Crippen molar-refractivity contribution < 1.29 is 13.2 Å². The Hall–Kier alpha value is -1.40. The fourth-order valence-electron chi connectivity index (χ4n) is 1.23. The summed E-state index contributed by atoms with van der Waals surface area (Å²) in [6.07, 6.45) is 0. The van der Waals surface area contributed by atoms with E-state index in [1.807, 2.05) is 6.07 Å². The second-order valence-corrected chi connectivity index (χ2v) is 6.43. The molecule has 6 heteroatoms. The topological polar surface area (TPSA) is 75.3 Å². The molecule has 1 rings (SSSR count). The molecule has 1 amide bonds. The molecule has 5 nitrogen and oxygen atoms in total. The van der Waals surface area contributed by atoms with Crippen LogP contribution in [0.1, 0.15) is 24.2 Å². The van der Waals surface area contributed by atoms with E-state index in [-0.39, 0.29) is 19.0 Å². The van der Waals surface area contributed by atoms with Crippen molar-refractivity contribution in [1.29, 1.82) is 0 Å². The number of hydrogen-bond donors (Lipinski definition) is 2. The minimum atomic E-state index is -3.26. The molecular weight excluding hydrogens is 252 g/mol. The molecule has 0 fully saturated rings. The standard InChI is InChI=1S/C12H18N2O3S/c1-10(2)18(16,17)14-9-8-13-12(15)11-6-4-3-5-7-11/h3-7,10,14H,8-9H2,1-2H3,(H,13,15). The van der Waals surface area contributed by atoms with Gasteiger partial charge >= 0.3 is 0 Å². The van der Waals surface area contributed by atoms with Gasteiger partial charge in [0.15, 0.2) is 0 Å². The minimum Gasteiger partial charge on any atom is -0.351 e. The number of rotatable bonds is 6. The first-order valence-corrected chi connectivity index (χ1v) is 7.30. The van der Waals surface area contributed by atoms with Gasteiger partial charge in [0.2, 0.25) is 10.0 Å². The molecule has 100 valence electrons. The predicted octanol–water partition coefficient (Wildman–Crippen LogP) is 0.744. The third-order valence-electron chi connectivity index (χ3n) is 2.37. The second kappa shape index (κ2) is 6.51. The quantitative estimate of drug-likeness (QED) is 0.749. The maximum atomic E-state index is 11.6. The maximum absolute atomic E-state index is 11.6. The SMILES string of the molecule is CC(C)S(=O)(=O)NCCNC(=O)c1ccccc1. The summed E-state index contributed by atoms with van der Waals surface area (Å²) in [5.41, 5.74) is 0.559. The molecule has 0 saturated carbocycles. The molecule has 0 saturated heterocycles. The Morgan fingerprint density at radius 1 is 1.17 bits per heavy atom. The van der Waals surface area contributed by atoms with E-state index in [0.29, 0.717) is 5.56 Å². The average molecular weight is 270 g/mol. The Kier molecular flexibility index (Phi) is 5.30. The fourth-order valence-corrected chi connectivity index (χ4v) is 1.95. The van der Waals surface area contributed by atoms with Crippen LogP contribution in [0.4, 0.5) is 0 Å². The summed E-state index contributed by atoms with van der Waals surface area (Å²) in [7, 11) is -3.26. The summed E-state index contributed by atoms with van der Waals surface area (Å²) in [6, 6.07) is 8.78. The molecule has 0 unspecified atom stereocenters. The van der Waals surface area contributed by atoms with Crippen LogP contribution in [-0.2, 0) is 10.0 Å². The second-order valence-electron chi connectivity index (χ2n) is 4.11. The Bertz CT molecular complexity index is 483. The van der Waals surface area contributed by atoms with Crippen molar-refractivity contribution in [3.63, 3.8) is 0 Å². The molecule has 0 aliphatic rings. The molecule has 18 heavy (non-hydrogen) atoms. The monoisotopic (exact) mass is 270 g/mol. The van der Waals surface area contributed by atoms with Crippen molar-refractivity contribution >= 4 is 15.9 Å². The number of hydrogen-bond acceptors (Lipinski definition) is 3. The van der Waals surface area contributed by atoms with Gasteiger partial charge in [0.05, 0.1) is 5.25 Å². The van der Waals surface area contributed by atoms with E-state index in [9.17, 15) is 13.2 Å². The molecule has 0 radical (unpaired) electrons. The number of carbonyl (C=O) groups is 1. The van der Waals surface area contributed by atoms with E-state index in [2.05, 4.69) is 10.0 Å². The number of benzene rings is 1. The van der Waals surface area contributed by atoms with Crippen LogP contribution >= 0.6 is 0 Å². The highest BCUT2D eigenvalue weighted by Crippen LogP contribution is 1.97. The van der Waals surface area contributed by atoms with Crippen molar-refractivity contribution in [2.45, 2.75) is 19.1 Å². The molecule has 0 aliphatic carbocycles. The molecule has 0 atom stereocenters. The van der Waals surface area contributed by atoms with Crippen LogP contribution in [0.3, 0.4) is 0 Å². The first kappa shape index (κ1) is 14.7. The molecule has 1 aromatic rings. The van der Waals surface area contributed by atoms with Gasteiger partial charge in [-0.1, -0.05) is 18.2 Å². The normalized spacial score (nSPS) is 11.5. The van der Waals surface area contributed by atoms with E-state index in [1.165, 1.54) is 0 Å². The molecule has 0 spiro atoms. The zero-order valence-corrected chi connectivity index (χ0v) is 11.3. The van der Waals surface area contributed by atoms with Gasteiger partial charge in [-0.2, -0.15) is 0 Å². The lowest BCUT2D eigenvalue weighted by molar-refractivity contribution is 0.0954. The highest BCUT2D eigenvalue weighted by Gasteiger charge is 2.14. The molecule has 0 aliphatic heterocycles. The van der Waals surface area contributed by atoms with E-state index in [1.54, 1.807) is 38.1 Å². The Balaban J connectivity index is 2.34.